The third-order valence-electron chi connectivity index (χ3n) is 5.09. The van der Waals surface area contributed by atoms with Crippen molar-refractivity contribution >= 4 is 27.4 Å². The van der Waals surface area contributed by atoms with E-state index < -0.39 is 12.1 Å². The van der Waals surface area contributed by atoms with Gasteiger partial charge in [-0.1, -0.05) is 41.6 Å². The standard InChI is InChI=1S/C24H21FN6O2S/c1-15(32)33-20-8-3-2-6-17(20)18-7-4-5-16-13-21(34-23(16)18)22-19(25)14-27-24(29-22)26-9-11-31-12-10-28-30-31/h2-8,10,12-15,32H,9,11H2,1H3,(H,26,27,29). The molecule has 8 nitrogen and oxygen atoms in total. The number of thiophene rings is 1. The van der Waals surface area contributed by atoms with Crippen LogP contribution >= 0.6 is 11.3 Å². The molecule has 10 heteroatoms. The second-order valence-corrected chi connectivity index (χ2v) is 8.58. The summed E-state index contributed by atoms with van der Waals surface area (Å²) in [6, 6.07) is 15.4. The Morgan fingerprint density at radius 2 is 2.03 bits per heavy atom. The minimum atomic E-state index is -0.940. The largest absolute Gasteiger partial charge is 0.465 e. The number of benzene rings is 2. The fourth-order valence-corrected chi connectivity index (χ4v) is 4.81. The van der Waals surface area contributed by atoms with Gasteiger partial charge in [0, 0.05) is 28.6 Å². The third kappa shape index (κ3) is 4.59. The molecule has 0 radical (unpaired) electrons. The number of aromatic nitrogens is 5. The van der Waals surface area contributed by atoms with Gasteiger partial charge in [-0.2, -0.15) is 0 Å². The zero-order valence-electron chi connectivity index (χ0n) is 18.2. The molecule has 1 atom stereocenters. The highest BCUT2D eigenvalue weighted by Crippen LogP contribution is 2.42. The quantitative estimate of drug-likeness (QED) is 0.316. The lowest BCUT2D eigenvalue weighted by Crippen LogP contribution is -2.13. The van der Waals surface area contributed by atoms with E-state index in [0.29, 0.717) is 29.7 Å². The number of hydrogen-bond acceptors (Lipinski definition) is 8. The Kier molecular flexibility index (Phi) is 6.15. The number of halogens is 1. The van der Waals surface area contributed by atoms with Gasteiger partial charge in [0.15, 0.2) is 12.1 Å². The van der Waals surface area contributed by atoms with Crippen molar-refractivity contribution in [3.63, 3.8) is 0 Å². The summed E-state index contributed by atoms with van der Waals surface area (Å²) < 4.78 is 23.0. The van der Waals surface area contributed by atoms with Gasteiger partial charge in [-0.3, -0.25) is 4.68 Å². The van der Waals surface area contributed by atoms with Gasteiger partial charge in [-0.25, -0.2) is 14.4 Å². The summed E-state index contributed by atoms with van der Waals surface area (Å²) in [4.78, 5) is 9.18. The van der Waals surface area contributed by atoms with E-state index in [0.717, 1.165) is 21.2 Å². The predicted molar refractivity (Wildman–Crippen MR) is 129 cm³/mol. The number of nitrogens with one attached hydrogen (secondary N) is 1. The van der Waals surface area contributed by atoms with Crippen LogP contribution in [0.15, 0.2) is 67.1 Å². The molecule has 0 spiro atoms. The molecule has 0 amide bonds. The zero-order chi connectivity index (χ0) is 23.5. The molecule has 5 rings (SSSR count). The summed E-state index contributed by atoms with van der Waals surface area (Å²) >= 11 is 1.45. The fourth-order valence-electron chi connectivity index (χ4n) is 3.63. The lowest BCUT2D eigenvalue weighted by molar-refractivity contribution is 0.000147. The van der Waals surface area contributed by atoms with Gasteiger partial charge < -0.3 is 15.2 Å². The molecule has 0 aliphatic heterocycles. The van der Waals surface area contributed by atoms with Gasteiger partial charge in [-0.15, -0.1) is 16.4 Å². The molecule has 0 bridgehead atoms. The van der Waals surface area contributed by atoms with E-state index >= 15 is 0 Å². The summed E-state index contributed by atoms with van der Waals surface area (Å²) in [7, 11) is 0. The summed E-state index contributed by atoms with van der Waals surface area (Å²) in [5.74, 6) is 0.421. The van der Waals surface area contributed by atoms with Crippen LogP contribution in [0, 0.1) is 5.82 Å². The van der Waals surface area contributed by atoms with Gasteiger partial charge >= 0.3 is 0 Å². The number of nitrogens with zero attached hydrogens (tertiary/aromatic N) is 5. The van der Waals surface area contributed by atoms with E-state index in [9.17, 15) is 9.50 Å². The number of aliphatic hydroxyl groups excluding tert-OH is 1. The maximum absolute atomic E-state index is 14.7. The minimum absolute atomic E-state index is 0.235. The molecule has 34 heavy (non-hydrogen) atoms. The second-order valence-electron chi connectivity index (χ2n) is 7.53. The number of anilines is 1. The van der Waals surface area contributed by atoms with Gasteiger partial charge in [0.05, 0.1) is 23.8 Å². The molecule has 3 aromatic heterocycles. The van der Waals surface area contributed by atoms with Crippen LogP contribution in [0.1, 0.15) is 6.92 Å². The Bertz CT molecular complexity index is 1420. The molecule has 5 aromatic rings. The second kappa shape index (κ2) is 9.54. The van der Waals surface area contributed by atoms with Gasteiger partial charge in [-0.05, 0) is 24.4 Å². The summed E-state index contributed by atoms with van der Waals surface area (Å²) in [5, 5.41) is 21.5. The van der Waals surface area contributed by atoms with Crippen molar-refractivity contribution < 1.29 is 14.2 Å². The molecule has 3 heterocycles. The average molecular weight is 477 g/mol. The molecule has 1 unspecified atom stereocenters. The topological polar surface area (TPSA) is 98.0 Å². The molecule has 2 N–H and O–H groups in total. The van der Waals surface area contributed by atoms with E-state index in [1.54, 1.807) is 24.0 Å². The van der Waals surface area contributed by atoms with E-state index in [2.05, 4.69) is 25.6 Å². The molecule has 2 aromatic carbocycles. The number of ether oxygens (including phenoxy) is 1. The first-order valence-corrected chi connectivity index (χ1v) is 11.5. The predicted octanol–water partition coefficient (Wildman–Crippen LogP) is 4.59. The van der Waals surface area contributed by atoms with Crippen LogP contribution in [0.5, 0.6) is 5.75 Å². The number of aliphatic hydroxyl groups is 1. The molecular weight excluding hydrogens is 455 g/mol. The van der Waals surface area contributed by atoms with Crippen molar-refractivity contribution in [3.8, 4) is 27.4 Å². The highest BCUT2D eigenvalue weighted by atomic mass is 32.1. The van der Waals surface area contributed by atoms with Crippen LogP contribution in [0.25, 0.3) is 31.8 Å². The molecular formula is C24H21FN6O2S. The fraction of sp³-hybridized carbons (Fsp3) is 0.167. The van der Waals surface area contributed by atoms with Crippen LogP contribution in [0.3, 0.4) is 0 Å². The smallest absolute Gasteiger partial charge is 0.223 e. The van der Waals surface area contributed by atoms with Crippen LogP contribution in [-0.2, 0) is 6.54 Å². The van der Waals surface area contributed by atoms with Crippen LogP contribution in [-0.4, -0.2) is 42.9 Å². The normalized spacial score (nSPS) is 12.1. The minimum Gasteiger partial charge on any atom is -0.465 e. The lowest BCUT2D eigenvalue weighted by Gasteiger charge is -2.14. The van der Waals surface area contributed by atoms with Crippen molar-refractivity contribution in [2.75, 3.05) is 11.9 Å². The number of fused-ring (bicyclic) bond motifs is 1. The highest BCUT2D eigenvalue weighted by molar-refractivity contribution is 7.22. The van der Waals surface area contributed by atoms with Gasteiger partial charge in [0.1, 0.15) is 11.4 Å². The summed E-state index contributed by atoms with van der Waals surface area (Å²) in [6.07, 6.45) is 3.61. The van der Waals surface area contributed by atoms with Crippen molar-refractivity contribution in [1.82, 2.24) is 25.0 Å². The number of hydrogen-bond donors (Lipinski definition) is 2. The number of para-hydroxylation sites is 1. The van der Waals surface area contributed by atoms with Crippen molar-refractivity contribution in [2.24, 2.45) is 0 Å². The van der Waals surface area contributed by atoms with E-state index in [4.69, 9.17) is 4.74 Å². The van der Waals surface area contributed by atoms with Crippen molar-refractivity contribution in [2.45, 2.75) is 19.8 Å². The first-order valence-electron chi connectivity index (χ1n) is 10.7. The van der Waals surface area contributed by atoms with Crippen molar-refractivity contribution in [3.05, 3.63) is 72.9 Å². The Hall–Kier alpha value is -3.89. The number of rotatable bonds is 8. The lowest BCUT2D eigenvalue weighted by atomic mass is 10.0. The Morgan fingerprint density at radius 3 is 2.85 bits per heavy atom. The summed E-state index contributed by atoms with van der Waals surface area (Å²) in [6.45, 7) is 2.66. The highest BCUT2D eigenvalue weighted by Gasteiger charge is 2.17. The molecule has 0 saturated carbocycles. The Morgan fingerprint density at radius 1 is 1.18 bits per heavy atom. The van der Waals surface area contributed by atoms with Gasteiger partial charge in [0.25, 0.3) is 0 Å². The molecule has 0 aliphatic rings. The summed E-state index contributed by atoms with van der Waals surface area (Å²) in [5.41, 5.74) is 2.02. The molecule has 0 aliphatic carbocycles. The monoisotopic (exact) mass is 476 g/mol. The average Bonchev–Trinajstić information content (AvgIpc) is 3.50. The van der Waals surface area contributed by atoms with Crippen molar-refractivity contribution in [1.29, 1.82) is 0 Å². The SMILES string of the molecule is CC(O)Oc1ccccc1-c1cccc2cc(-c3nc(NCCn4ccnn4)ncc3F)sc12. The third-order valence-corrected chi connectivity index (χ3v) is 6.28. The zero-order valence-corrected chi connectivity index (χ0v) is 19.0. The van der Waals surface area contributed by atoms with E-state index in [1.807, 2.05) is 48.5 Å². The molecule has 0 fully saturated rings. The maximum Gasteiger partial charge on any atom is 0.223 e. The van der Waals surface area contributed by atoms with E-state index in [1.165, 1.54) is 17.5 Å². The maximum atomic E-state index is 14.7. The first-order chi connectivity index (χ1) is 16.6. The van der Waals surface area contributed by atoms with Crippen LogP contribution in [0.4, 0.5) is 10.3 Å². The van der Waals surface area contributed by atoms with Crippen LogP contribution < -0.4 is 10.1 Å². The Labute approximate surface area is 198 Å². The first kappa shape index (κ1) is 21.9. The molecule has 0 saturated heterocycles. The van der Waals surface area contributed by atoms with Gasteiger partial charge in [0.2, 0.25) is 5.95 Å². The molecule has 172 valence electrons. The Balaban J connectivity index is 1.48. The van der Waals surface area contributed by atoms with E-state index in [-0.39, 0.29) is 5.69 Å². The van der Waals surface area contributed by atoms with Crippen LogP contribution in [0.2, 0.25) is 0 Å².